The van der Waals surface area contributed by atoms with Crippen LogP contribution in [0.4, 0.5) is 9.59 Å². The van der Waals surface area contributed by atoms with Crippen molar-refractivity contribution in [1.29, 1.82) is 0 Å². The van der Waals surface area contributed by atoms with Gasteiger partial charge in [-0.25, -0.2) is 9.59 Å². The van der Waals surface area contributed by atoms with Gasteiger partial charge in [-0.05, 0) is 12.1 Å². The average Bonchev–Trinajstić information content (AvgIpc) is 3.22. The molecule has 6 N–H and O–H groups in total. The van der Waals surface area contributed by atoms with E-state index in [0.717, 1.165) is 4.90 Å². The number of carboxylic acid groups (broad SMARTS) is 1. The predicted molar refractivity (Wildman–Crippen MR) is 107 cm³/mol. The van der Waals surface area contributed by atoms with Crippen molar-refractivity contribution in [2.24, 2.45) is 16.6 Å². The Labute approximate surface area is 184 Å². The van der Waals surface area contributed by atoms with Gasteiger partial charge in [0.2, 0.25) is 11.6 Å². The number of β-lactam (4-membered cyclic amide) rings is 1. The zero-order chi connectivity index (χ0) is 23.4. The Balaban J connectivity index is 1.77. The molecule has 0 unspecified atom stereocenters. The lowest BCUT2D eigenvalue weighted by molar-refractivity contribution is -0.148. The monoisotopic (exact) mass is 469 g/mol. The zero-order valence-corrected chi connectivity index (χ0v) is 17.4. The number of carbonyl (C=O) groups excluding carboxylic acids is 3. The van der Waals surface area contributed by atoms with Gasteiger partial charge in [0.05, 0.1) is 6.54 Å². The van der Waals surface area contributed by atoms with Gasteiger partial charge >= 0.3 is 12.2 Å². The number of nitrogens with zero attached hydrogens (tertiary/aromatic N) is 2. The van der Waals surface area contributed by atoms with Gasteiger partial charge < -0.3 is 40.6 Å². The number of thioether (sulfide) groups is 1. The molecule has 3 rings (SSSR count). The standard InChI is InChI=1S/C17H19N5O9S/c1-28-21-10(9-3-2-8(4-18)30-9)12(23)20-11-13(24)22-14(31-17(26)27)7(5-29-16(19)25)6-32-15(11)22/h2-3,11,15H,4-6,18H2,1H3,(H2,19,25)(H,20,23)(H,26,27)/t11-,15+/m1/s1. The minimum absolute atomic E-state index is 0.0883. The Hall–Kier alpha value is -3.72. The van der Waals surface area contributed by atoms with Crippen LogP contribution in [0.3, 0.4) is 0 Å². The van der Waals surface area contributed by atoms with Crippen molar-refractivity contribution >= 4 is 41.5 Å². The van der Waals surface area contributed by atoms with Gasteiger partial charge in [-0.15, -0.1) is 11.8 Å². The summed E-state index contributed by atoms with van der Waals surface area (Å²) in [6.45, 7) is -0.248. The van der Waals surface area contributed by atoms with Crippen molar-refractivity contribution in [3.63, 3.8) is 0 Å². The number of nitrogens with two attached hydrogens (primary N) is 2. The summed E-state index contributed by atoms with van der Waals surface area (Å²) < 4.78 is 14.8. The molecule has 14 nitrogen and oxygen atoms in total. The van der Waals surface area contributed by atoms with Crippen LogP contribution in [0.5, 0.6) is 0 Å². The second kappa shape index (κ2) is 9.61. The molecular formula is C17H19N5O9S. The average molecular weight is 469 g/mol. The lowest BCUT2D eigenvalue weighted by Gasteiger charge is -2.49. The molecule has 2 aliphatic heterocycles. The number of primary amides is 1. The summed E-state index contributed by atoms with van der Waals surface area (Å²) in [4.78, 5) is 53.2. The highest BCUT2D eigenvalue weighted by atomic mass is 32.2. The molecule has 1 aromatic heterocycles. The molecular weight excluding hydrogens is 450 g/mol. The van der Waals surface area contributed by atoms with Gasteiger partial charge in [0.1, 0.15) is 30.9 Å². The van der Waals surface area contributed by atoms with Crippen LogP contribution in [-0.2, 0) is 30.4 Å². The Kier molecular flexibility index (Phi) is 6.89. The van der Waals surface area contributed by atoms with Crippen LogP contribution < -0.4 is 16.8 Å². The Morgan fingerprint density at radius 1 is 1.41 bits per heavy atom. The maximum Gasteiger partial charge on any atom is 0.512 e. The van der Waals surface area contributed by atoms with Crippen molar-refractivity contribution in [1.82, 2.24) is 10.2 Å². The first-order valence-electron chi connectivity index (χ1n) is 8.97. The van der Waals surface area contributed by atoms with Crippen molar-refractivity contribution in [3.8, 4) is 0 Å². The highest BCUT2D eigenvalue weighted by Gasteiger charge is 2.54. The van der Waals surface area contributed by atoms with E-state index in [1.54, 1.807) is 6.07 Å². The molecule has 15 heteroatoms. The summed E-state index contributed by atoms with van der Waals surface area (Å²) in [6.07, 6.45) is -2.73. The van der Waals surface area contributed by atoms with E-state index in [1.165, 1.54) is 24.9 Å². The first-order valence-corrected chi connectivity index (χ1v) is 10.0. The van der Waals surface area contributed by atoms with E-state index in [9.17, 15) is 19.2 Å². The molecule has 3 heterocycles. The normalized spacial score (nSPS) is 20.2. The molecule has 2 aliphatic rings. The Morgan fingerprint density at radius 2 is 2.16 bits per heavy atom. The minimum atomic E-state index is -1.66. The lowest BCUT2D eigenvalue weighted by Crippen LogP contribution is -2.70. The number of fused-ring (bicyclic) bond motifs is 1. The molecule has 0 bridgehead atoms. The summed E-state index contributed by atoms with van der Waals surface area (Å²) in [5.74, 6) is -1.02. The van der Waals surface area contributed by atoms with E-state index in [2.05, 4.69) is 15.2 Å². The van der Waals surface area contributed by atoms with E-state index in [1.807, 2.05) is 0 Å². The van der Waals surface area contributed by atoms with Crippen LogP contribution in [0.1, 0.15) is 11.5 Å². The van der Waals surface area contributed by atoms with Crippen LogP contribution in [0.2, 0.25) is 0 Å². The fraction of sp³-hybridized carbons (Fsp3) is 0.353. The Morgan fingerprint density at radius 3 is 2.75 bits per heavy atom. The molecule has 0 spiro atoms. The molecule has 1 fully saturated rings. The van der Waals surface area contributed by atoms with Crippen molar-refractivity contribution in [3.05, 3.63) is 35.1 Å². The fourth-order valence-corrected chi connectivity index (χ4v) is 4.29. The maximum absolute atomic E-state index is 12.8. The topological polar surface area (TPSA) is 209 Å². The number of hydrogen-bond donors (Lipinski definition) is 4. The van der Waals surface area contributed by atoms with Crippen molar-refractivity contribution in [2.45, 2.75) is 18.0 Å². The fourth-order valence-electron chi connectivity index (χ4n) is 2.98. The van der Waals surface area contributed by atoms with E-state index >= 15 is 0 Å². The molecule has 0 aliphatic carbocycles. The third-order valence-corrected chi connectivity index (χ3v) is 5.69. The van der Waals surface area contributed by atoms with Crippen LogP contribution >= 0.6 is 11.8 Å². The van der Waals surface area contributed by atoms with Crippen LogP contribution in [0.25, 0.3) is 0 Å². The van der Waals surface area contributed by atoms with Crippen LogP contribution in [0.15, 0.2) is 33.2 Å². The SMILES string of the molecule is CON=C(C(=O)N[C@@H]1C(=O)N2C(OC(=O)O)=C(COC(N)=O)CS[C@@H]12)c1ccc(CN)o1. The highest BCUT2D eigenvalue weighted by molar-refractivity contribution is 8.00. The molecule has 0 aromatic carbocycles. The smallest absolute Gasteiger partial charge is 0.458 e. The quantitative estimate of drug-likeness (QED) is 0.165. The second-order valence-electron chi connectivity index (χ2n) is 6.34. The largest absolute Gasteiger partial charge is 0.512 e. The number of amides is 3. The van der Waals surface area contributed by atoms with Gasteiger partial charge in [0.25, 0.3) is 11.8 Å². The summed E-state index contributed by atoms with van der Waals surface area (Å²) in [6, 6.07) is 2.04. The number of nitrogens with one attached hydrogen (secondary N) is 1. The summed E-state index contributed by atoms with van der Waals surface area (Å²) in [5, 5.41) is 14.5. The van der Waals surface area contributed by atoms with E-state index in [-0.39, 0.29) is 41.8 Å². The number of rotatable bonds is 8. The van der Waals surface area contributed by atoms with Gasteiger partial charge in [-0.1, -0.05) is 5.16 Å². The van der Waals surface area contributed by atoms with Crippen LogP contribution in [-0.4, -0.2) is 70.7 Å². The molecule has 1 aromatic rings. The van der Waals surface area contributed by atoms with Gasteiger partial charge in [-0.2, -0.15) is 0 Å². The van der Waals surface area contributed by atoms with Crippen molar-refractivity contribution < 1.29 is 43.0 Å². The number of carbonyl (C=O) groups is 4. The maximum atomic E-state index is 12.8. The van der Waals surface area contributed by atoms with Crippen molar-refractivity contribution in [2.75, 3.05) is 19.5 Å². The lowest BCUT2D eigenvalue weighted by atomic mass is 10.1. The second-order valence-corrected chi connectivity index (χ2v) is 7.44. The first kappa shape index (κ1) is 23.0. The summed E-state index contributed by atoms with van der Waals surface area (Å²) in [5.41, 5.74) is 10.5. The molecule has 172 valence electrons. The molecule has 0 saturated carbocycles. The number of hydrogen-bond acceptors (Lipinski definition) is 11. The zero-order valence-electron chi connectivity index (χ0n) is 16.6. The minimum Gasteiger partial charge on any atom is -0.458 e. The third-order valence-electron chi connectivity index (χ3n) is 4.35. The highest BCUT2D eigenvalue weighted by Crippen LogP contribution is 2.40. The van der Waals surface area contributed by atoms with E-state index in [0.29, 0.717) is 5.76 Å². The number of ether oxygens (including phenoxy) is 2. The molecule has 0 radical (unpaired) electrons. The summed E-state index contributed by atoms with van der Waals surface area (Å²) >= 11 is 1.20. The van der Waals surface area contributed by atoms with Gasteiger partial charge in [0.15, 0.2) is 5.76 Å². The number of oxime groups is 1. The van der Waals surface area contributed by atoms with Gasteiger partial charge in [0, 0.05) is 11.3 Å². The predicted octanol–water partition coefficient (Wildman–Crippen LogP) is -0.510. The molecule has 2 atom stereocenters. The molecule has 1 saturated heterocycles. The van der Waals surface area contributed by atoms with E-state index < -0.39 is 35.5 Å². The van der Waals surface area contributed by atoms with E-state index in [4.69, 9.17) is 30.6 Å². The first-order chi connectivity index (χ1) is 15.3. The third kappa shape index (κ3) is 4.62. The number of furan rings is 1. The summed E-state index contributed by atoms with van der Waals surface area (Å²) in [7, 11) is 1.24. The van der Waals surface area contributed by atoms with Crippen LogP contribution in [0, 0.1) is 0 Å². The molecule has 3 amide bonds. The molecule has 32 heavy (non-hydrogen) atoms. The van der Waals surface area contributed by atoms with Gasteiger partial charge in [-0.3, -0.25) is 14.5 Å². The Bertz CT molecular complexity index is 1000.